The van der Waals surface area contributed by atoms with Crippen molar-refractivity contribution in [2.24, 2.45) is 0 Å². The molecule has 10 atom stereocenters. The Kier molecular flexibility index (Phi) is 5.77. The van der Waals surface area contributed by atoms with Gasteiger partial charge in [0.2, 0.25) is 0 Å². The molecule has 0 saturated carbocycles. The highest BCUT2D eigenvalue weighted by molar-refractivity contribution is 4.92. The molecule has 2 aliphatic heterocycles. The average Bonchev–Trinajstić information content (AvgIpc) is 2.57. The maximum absolute atomic E-state index is 9.91. The van der Waals surface area contributed by atoms with E-state index >= 15 is 0 Å². The van der Waals surface area contributed by atoms with Crippen LogP contribution in [0.3, 0.4) is 0 Å². The smallest absolute Gasteiger partial charge is 0.189 e. The molecule has 2 rings (SSSR count). The van der Waals surface area contributed by atoms with Crippen LogP contribution in [-0.2, 0) is 14.2 Å². The van der Waals surface area contributed by atoms with Crippen LogP contribution in [0.15, 0.2) is 0 Å². The molecule has 0 aromatic carbocycles. The van der Waals surface area contributed by atoms with Gasteiger partial charge in [-0.25, -0.2) is 0 Å². The summed E-state index contributed by atoms with van der Waals surface area (Å²) < 4.78 is 22.9. The van der Waals surface area contributed by atoms with Gasteiger partial charge in [-0.05, 0) is 0 Å². The van der Waals surface area contributed by atoms with Crippen LogP contribution < -0.4 is 0 Å². The zero-order valence-electron chi connectivity index (χ0n) is 12.9. The fourth-order valence-corrected chi connectivity index (χ4v) is 2.36. The molecule has 0 amide bonds. The normalized spacial score (nSPS) is 55.5. The van der Waals surface area contributed by atoms with Crippen LogP contribution in [0.4, 0.5) is 0 Å². The third-order valence-electron chi connectivity index (χ3n) is 3.82. The minimum Gasteiger partial charge on any atom is -0.394 e. The zero-order valence-corrected chi connectivity index (χ0v) is 11.9. The van der Waals surface area contributed by atoms with Crippen LogP contribution in [-0.4, -0.2) is 115 Å². The molecule has 0 aromatic heterocycles. The molecular weight excluding hydrogens is 320 g/mol. The second-order valence-electron chi connectivity index (χ2n) is 5.40. The minimum atomic E-state index is -2.76. The van der Waals surface area contributed by atoms with Crippen molar-refractivity contribution in [1.29, 1.82) is 0 Å². The van der Waals surface area contributed by atoms with E-state index in [4.69, 9.17) is 25.8 Å². The molecule has 0 aliphatic carbocycles. The summed E-state index contributed by atoms with van der Waals surface area (Å²) in [5.41, 5.74) is 0. The van der Waals surface area contributed by atoms with Gasteiger partial charge in [-0.2, -0.15) is 0 Å². The molecule has 136 valence electrons. The van der Waals surface area contributed by atoms with Crippen LogP contribution in [0.1, 0.15) is 1.37 Å². The SMILES string of the molecule is [2H][C@]1(O[C@H]2OC(CO)[C@@H](O)C(O)C2O)OC(CO)[C@@H](O)[C@H](O)C1O. The van der Waals surface area contributed by atoms with E-state index in [1.54, 1.807) is 0 Å². The molecule has 11 heteroatoms. The van der Waals surface area contributed by atoms with E-state index in [0.717, 1.165) is 0 Å². The predicted molar refractivity (Wildman–Crippen MR) is 68.6 cm³/mol. The number of aliphatic hydroxyl groups excluding tert-OH is 8. The molecule has 0 aromatic rings. The Hall–Kier alpha value is -0.440. The van der Waals surface area contributed by atoms with E-state index in [0.29, 0.717) is 0 Å². The first-order chi connectivity index (χ1) is 11.2. The monoisotopic (exact) mass is 343 g/mol. The topological polar surface area (TPSA) is 190 Å². The van der Waals surface area contributed by atoms with Crippen molar-refractivity contribution >= 4 is 0 Å². The molecule has 8 N–H and O–H groups in total. The maximum atomic E-state index is 9.91. The highest BCUT2D eigenvalue weighted by Crippen LogP contribution is 2.27. The Morgan fingerprint density at radius 2 is 1.17 bits per heavy atom. The van der Waals surface area contributed by atoms with Gasteiger partial charge in [-0.1, -0.05) is 0 Å². The Balaban J connectivity index is 2.18. The molecular formula is C12H22O11. The number of rotatable bonds is 4. The lowest BCUT2D eigenvalue weighted by Crippen LogP contribution is -2.63. The van der Waals surface area contributed by atoms with Crippen molar-refractivity contribution in [1.82, 2.24) is 0 Å². The molecule has 0 bridgehead atoms. The van der Waals surface area contributed by atoms with Crippen molar-refractivity contribution in [2.45, 2.75) is 61.4 Å². The van der Waals surface area contributed by atoms with Gasteiger partial charge in [0.25, 0.3) is 0 Å². The van der Waals surface area contributed by atoms with Crippen LogP contribution >= 0.6 is 0 Å². The quantitative estimate of drug-likeness (QED) is 0.243. The van der Waals surface area contributed by atoms with Crippen LogP contribution in [0.25, 0.3) is 0 Å². The molecule has 2 fully saturated rings. The van der Waals surface area contributed by atoms with E-state index in [9.17, 15) is 30.6 Å². The Labute approximate surface area is 132 Å². The van der Waals surface area contributed by atoms with Gasteiger partial charge < -0.3 is 55.1 Å². The highest BCUT2D eigenvalue weighted by Gasteiger charge is 2.49. The predicted octanol–water partition coefficient (Wildman–Crippen LogP) is -5.40. The van der Waals surface area contributed by atoms with E-state index in [1.165, 1.54) is 0 Å². The van der Waals surface area contributed by atoms with E-state index in [2.05, 4.69) is 0 Å². The highest BCUT2D eigenvalue weighted by atomic mass is 16.8. The van der Waals surface area contributed by atoms with Crippen LogP contribution in [0.2, 0.25) is 0 Å². The minimum absolute atomic E-state index is 0.736. The fraction of sp³-hybridized carbons (Fsp3) is 1.00. The van der Waals surface area contributed by atoms with Gasteiger partial charge in [0.1, 0.15) is 48.8 Å². The number of hydrogen-bond acceptors (Lipinski definition) is 11. The van der Waals surface area contributed by atoms with E-state index in [1.807, 2.05) is 0 Å². The fourth-order valence-electron chi connectivity index (χ4n) is 2.36. The van der Waals surface area contributed by atoms with Gasteiger partial charge >= 0.3 is 0 Å². The van der Waals surface area contributed by atoms with Crippen molar-refractivity contribution in [2.75, 3.05) is 13.2 Å². The summed E-state index contributed by atoms with van der Waals surface area (Å²) in [5, 5.41) is 76.7. The second kappa shape index (κ2) is 7.63. The maximum Gasteiger partial charge on any atom is 0.189 e. The molecule has 0 radical (unpaired) electrons. The Bertz CT molecular complexity index is 424. The summed E-state index contributed by atoms with van der Waals surface area (Å²) in [6.07, 6.45) is -18.4. The van der Waals surface area contributed by atoms with Gasteiger partial charge in [-0.15, -0.1) is 0 Å². The summed E-state index contributed by atoms with van der Waals surface area (Å²) in [7, 11) is 0. The standard InChI is InChI=1S/C12H22O11/c13-1-3-5(15)7(17)9(19)11(21-3)23-12-10(20)8(18)6(16)4(2-14)22-12/h3-20H,1-2H2/t3?,4?,5-,6-,7+,8?,9?,10?,11-,12-/m1/s1/i11D. The Morgan fingerprint density at radius 1 is 0.696 bits per heavy atom. The van der Waals surface area contributed by atoms with Gasteiger partial charge in [0, 0.05) is 0 Å². The van der Waals surface area contributed by atoms with E-state index < -0.39 is 74.6 Å². The molecule has 23 heavy (non-hydrogen) atoms. The van der Waals surface area contributed by atoms with Crippen LogP contribution in [0, 0.1) is 0 Å². The first-order valence-electron chi connectivity index (χ1n) is 7.47. The third-order valence-corrected chi connectivity index (χ3v) is 3.82. The first-order valence-corrected chi connectivity index (χ1v) is 6.97. The summed E-state index contributed by atoms with van der Waals surface area (Å²) in [4.78, 5) is 0. The lowest BCUT2D eigenvalue weighted by molar-refractivity contribution is -0.376. The zero-order chi connectivity index (χ0) is 18.2. The lowest BCUT2D eigenvalue weighted by atomic mass is 9.98. The molecule has 2 saturated heterocycles. The molecule has 2 heterocycles. The van der Waals surface area contributed by atoms with Gasteiger partial charge in [0.05, 0.1) is 14.6 Å². The summed E-state index contributed by atoms with van der Waals surface area (Å²) in [6.45, 7) is -1.54. The largest absolute Gasteiger partial charge is 0.394 e. The summed E-state index contributed by atoms with van der Waals surface area (Å²) in [6, 6.07) is 0. The second-order valence-corrected chi connectivity index (χ2v) is 5.40. The lowest BCUT2D eigenvalue weighted by Gasteiger charge is -2.44. The number of ether oxygens (including phenoxy) is 3. The molecule has 2 aliphatic rings. The average molecular weight is 343 g/mol. The van der Waals surface area contributed by atoms with E-state index in [-0.39, 0.29) is 0 Å². The summed E-state index contributed by atoms with van der Waals surface area (Å²) >= 11 is 0. The third kappa shape index (κ3) is 3.65. The first kappa shape index (κ1) is 17.4. The molecule has 0 spiro atoms. The molecule has 5 unspecified atom stereocenters. The Morgan fingerprint density at radius 3 is 1.70 bits per heavy atom. The van der Waals surface area contributed by atoms with Gasteiger partial charge in [0.15, 0.2) is 12.6 Å². The molecule has 11 nitrogen and oxygen atoms in total. The van der Waals surface area contributed by atoms with Crippen LogP contribution in [0.5, 0.6) is 0 Å². The summed E-state index contributed by atoms with van der Waals surface area (Å²) in [5.74, 6) is 0. The number of hydrogen-bond donors (Lipinski definition) is 8. The van der Waals surface area contributed by atoms with Crippen molar-refractivity contribution in [3.63, 3.8) is 0 Å². The number of aliphatic hydroxyl groups is 8. The van der Waals surface area contributed by atoms with Crippen molar-refractivity contribution in [3.05, 3.63) is 0 Å². The van der Waals surface area contributed by atoms with Gasteiger partial charge in [-0.3, -0.25) is 0 Å². The van der Waals surface area contributed by atoms with Crippen molar-refractivity contribution in [3.8, 4) is 0 Å². The van der Waals surface area contributed by atoms with Crippen molar-refractivity contribution < 1.29 is 56.4 Å².